The number of Topliss-reactive ketones (excluding diaryl/α,β-unsaturated/α-hetero) is 2. The van der Waals surface area contributed by atoms with Gasteiger partial charge in [0.25, 0.3) is 0 Å². The Balaban J connectivity index is 2.13. The summed E-state index contributed by atoms with van der Waals surface area (Å²) in [4.78, 5) is 49.7. The summed E-state index contributed by atoms with van der Waals surface area (Å²) < 4.78 is 21.6. The molecule has 0 saturated carbocycles. The van der Waals surface area contributed by atoms with Gasteiger partial charge in [0.05, 0.1) is 0 Å². The molecule has 0 aliphatic heterocycles. The number of benzene rings is 2. The zero-order chi connectivity index (χ0) is 29.4. The zero-order valence-electron chi connectivity index (χ0n) is 23.2. The van der Waals surface area contributed by atoms with Gasteiger partial charge in [-0.25, -0.2) is 9.59 Å². The fraction of sp³-hybridized carbons (Fsp3) is 0.414. The number of hydrogen-bond donors (Lipinski definition) is 2. The number of rotatable bonds is 12. The SMILES string of the molecule is CC(C)(C)OC(=O)COc1ccc(C(=O)CCC(=O)c2ccc(C(=N)N)cc2)cc1OCC(=O)OC(C)(C)C. The van der Waals surface area contributed by atoms with Gasteiger partial charge in [-0.2, -0.15) is 0 Å². The number of nitrogens with two attached hydrogens (primary N) is 1. The minimum atomic E-state index is -0.715. The largest absolute Gasteiger partial charge is 0.478 e. The Hall–Kier alpha value is -4.21. The Morgan fingerprint density at radius 2 is 1.08 bits per heavy atom. The standard InChI is InChI=1S/C29H36N2O8/c1-28(2,3)38-25(34)16-36-23-14-11-20(15-24(23)37-17-26(35)39-29(4,5)6)22(33)13-12-21(32)18-7-9-19(10-8-18)27(30)31/h7-11,14-15H,12-13,16-17H2,1-6H3,(H3,30,31). The summed E-state index contributed by atoms with van der Waals surface area (Å²) in [5, 5.41) is 7.43. The minimum absolute atomic E-state index is 0.0384. The summed E-state index contributed by atoms with van der Waals surface area (Å²) in [6, 6.07) is 10.6. The summed E-state index contributed by atoms with van der Waals surface area (Å²) in [6.45, 7) is 9.48. The Bertz CT molecular complexity index is 1220. The summed E-state index contributed by atoms with van der Waals surface area (Å²) >= 11 is 0. The molecule has 3 N–H and O–H groups in total. The molecule has 2 aromatic carbocycles. The van der Waals surface area contributed by atoms with Crippen LogP contribution in [0.15, 0.2) is 42.5 Å². The predicted molar refractivity (Wildman–Crippen MR) is 144 cm³/mol. The van der Waals surface area contributed by atoms with E-state index >= 15 is 0 Å². The lowest BCUT2D eigenvalue weighted by molar-refractivity contribution is -0.158. The van der Waals surface area contributed by atoms with Crippen molar-refractivity contribution in [3.8, 4) is 11.5 Å². The van der Waals surface area contributed by atoms with Crippen LogP contribution in [0.5, 0.6) is 11.5 Å². The van der Waals surface area contributed by atoms with Crippen LogP contribution >= 0.6 is 0 Å². The molecular formula is C29H36N2O8. The van der Waals surface area contributed by atoms with Gasteiger partial charge in [0, 0.05) is 29.5 Å². The maximum absolute atomic E-state index is 12.9. The van der Waals surface area contributed by atoms with Gasteiger partial charge in [0.2, 0.25) is 0 Å². The summed E-state index contributed by atoms with van der Waals surface area (Å²) in [6.07, 6.45) is -0.111. The molecule has 0 atom stereocenters. The lowest BCUT2D eigenvalue weighted by Crippen LogP contribution is -2.28. The third-order valence-electron chi connectivity index (χ3n) is 4.89. The van der Waals surface area contributed by atoms with Crippen LogP contribution in [0.25, 0.3) is 0 Å². The highest BCUT2D eigenvalue weighted by Gasteiger charge is 2.21. The number of esters is 2. The second-order valence-electron chi connectivity index (χ2n) is 10.7. The normalized spacial score (nSPS) is 11.3. The van der Waals surface area contributed by atoms with E-state index < -0.39 is 36.4 Å². The van der Waals surface area contributed by atoms with Crippen molar-refractivity contribution in [2.45, 2.75) is 65.6 Å². The second kappa shape index (κ2) is 13.0. The van der Waals surface area contributed by atoms with Crippen LogP contribution in [-0.2, 0) is 19.1 Å². The molecule has 0 aromatic heterocycles. The highest BCUT2D eigenvalue weighted by atomic mass is 16.6. The van der Waals surface area contributed by atoms with Crippen LogP contribution in [-0.4, -0.2) is 53.8 Å². The fourth-order valence-corrected chi connectivity index (χ4v) is 3.28. The van der Waals surface area contributed by atoms with Crippen molar-refractivity contribution < 1.29 is 38.1 Å². The van der Waals surface area contributed by atoms with E-state index in [0.29, 0.717) is 11.1 Å². The van der Waals surface area contributed by atoms with Crippen molar-refractivity contribution in [2.24, 2.45) is 5.73 Å². The Kier molecular flexibility index (Phi) is 10.4. The molecule has 0 aliphatic carbocycles. The van der Waals surface area contributed by atoms with Gasteiger partial charge < -0.3 is 24.7 Å². The summed E-state index contributed by atoms with van der Waals surface area (Å²) in [5.41, 5.74) is 5.16. The molecule has 2 aromatic rings. The van der Waals surface area contributed by atoms with Crippen LogP contribution in [0.4, 0.5) is 0 Å². The number of ether oxygens (including phenoxy) is 4. The molecule has 0 aliphatic rings. The molecule has 0 heterocycles. The Morgan fingerprint density at radius 1 is 0.667 bits per heavy atom. The highest BCUT2D eigenvalue weighted by molar-refractivity contribution is 6.03. The maximum Gasteiger partial charge on any atom is 0.344 e. The Morgan fingerprint density at radius 3 is 1.54 bits per heavy atom. The van der Waals surface area contributed by atoms with E-state index in [2.05, 4.69) is 0 Å². The van der Waals surface area contributed by atoms with E-state index in [0.717, 1.165) is 0 Å². The van der Waals surface area contributed by atoms with Crippen molar-refractivity contribution in [1.82, 2.24) is 0 Å². The number of nitrogen functional groups attached to an aromatic ring is 1. The quantitative estimate of drug-likeness (QED) is 0.174. The molecule has 0 unspecified atom stereocenters. The topological polar surface area (TPSA) is 155 Å². The molecule has 0 spiro atoms. The molecule has 10 nitrogen and oxygen atoms in total. The first kappa shape index (κ1) is 31.0. The lowest BCUT2D eigenvalue weighted by Gasteiger charge is -2.21. The van der Waals surface area contributed by atoms with Crippen LogP contribution in [0.2, 0.25) is 0 Å². The fourth-order valence-electron chi connectivity index (χ4n) is 3.28. The maximum atomic E-state index is 12.9. The molecule has 0 radical (unpaired) electrons. The van der Waals surface area contributed by atoms with Crippen molar-refractivity contribution in [2.75, 3.05) is 13.2 Å². The number of hydrogen-bond acceptors (Lipinski definition) is 9. The average molecular weight is 541 g/mol. The van der Waals surface area contributed by atoms with Crippen LogP contribution in [0.3, 0.4) is 0 Å². The van der Waals surface area contributed by atoms with Gasteiger partial charge in [-0.1, -0.05) is 24.3 Å². The first-order valence-corrected chi connectivity index (χ1v) is 12.4. The number of carbonyl (C=O) groups is 4. The van der Waals surface area contributed by atoms with Gasteiger partial charge in [0.1, 0.15) is 17.0 Å². The van der Waals surface area contributed by atoms with Gasteiger partial charge in [-0.15, -0.1) is 0 Å². The third-order valence-corrected chi connectivity index (χ3v) is 4.89. The smallest absolute Gasteiger partial charge is 0.344 e. The molecule has 0 fully saturated rings. The van der Waals surface area contributed by atoms with E-state index in [4.69, 9.17) is 30.1 Å². The minimum Gasteiger partial charge on any atom is -0.478 e. The molecular weight excluding hydrogens is 504 g/mol. The number of nitrogens with one attached hydrogen (secondary N) is 1. The first-order chi connectivity index (χ1) is 18.0. The van der Waals surface area contributed by atoms with Crippen molar-refractivity contribution in [3.05, 3.63) is 59.2 Å². The van der Waals surface area contributed by atoms with Gasteiger partial charge in [-0.3, -0.25) is 15.0 Å². The third kappa shape index (κ3) is 11.0. The van der Waals surface area contributed by atoms with Gasteiger partial charge >= 0.3 is 11.9 Å². The van der Waals surface area contributed by atoms with Crippen molar-refractivity contribution in [3.63, 3.8) is 0 Å². The molecule has 0 amide bonds. The number of ketones is 2. The molecule has 10 heteroatoms. The van der Waals surface area contributed by atoms with Gasteiger partial charge in [-0.05, 0) is 59.7 Å². The lowest BCUT2D eigenvalue weighted by atomic mass is 10.0. The molecule has 2 rings (SSSR count). The molecule has 210 valence electrons. The zero-order valence-corrected chi connectivity index (χ0v) is 23.2. The van der Waals surface area contributed by atoms with Crippen molar-refractivity contribution in [1.29, 1.82) is 5.41 Å². The summed E-state index contributed by atoms with van der Waals surface area (Å²) in [7, 11) is 0. The van der Waals surface area contributed by atoms with Crippen LogP contribution in [0.1, 0.15) is 80.7 Å². The van der Waals surface area contributed by atoms with Crippen LogP contribution < -0.4 is 15.2 Å². The van der Waals surface area contributed by atoms with E-state index in [1.54, 1.807) is 65.8 Å². The average Bonchev–Trinajstić information content (AvgIpc) is 2.82. The second-order valence-corrected chi connectivity index (χ2v) is 10.7. The Labute approximate surface area is 228 Å². The summed E-state index contributed by atoms with van der Waals surface area (Å²) in [5.74, 6) is -1.72. The van der Waals surface area contributed by atoms with E-state index in [1.165, 1.54) is 18.2 Å². The monoisotopic (exact) mass is 540 g/mol. The first-order valence-electron chi connectivity index (χ1n) is 12.4. The van der Waals surface area contributed by atoms with E-state index in [-0.39, 0.29) is 47.3 Å². The highest BCUT2D eigenvalue weighted by Crippen LogP contribution is 2.30. The molecule has 39 heavy (non-hydrogen) atoms. The molecule has 0 saturated heterocycles. The number of carbonyl (C=O) groups excluding carboxylic acids is 4. The van der Waals surface area contributed by atoms with Crippen LogP contribution in [0, 0.1) is 5.41 Å². The van der Waals surface area contributed by atoms with E-state index in [9.17, 15) is 19.2 Å². The molecule has 0 bridgehead atoms. The van der Waals surface area contributed by atoms with Crippen molar-refractivity contribution >= 4 is 29.3 Å². The van der Waals surface area contributed by atoms with E-state index in [1.807, 2.05) is 0 Å². The predicted octanol–water partition coefficient (Wildman–Crippen LogP) is 4.26. The van der Waals surface area contributed by atoms with Gasteiger partial charge in [0.15, 0.2) is 36.3 Å². The number of amidine groups is 1.